The minimum atomic E-state index is 0.412. The van der Waals surface area contributed by atoms with E-state index in [1.54, 1.807) is 0 Å². The molecule has 0 spiro atoms. The van der Waals surface area contributed by atoms with Gasteiger partial charge in [-0.15, -0.1) is 10.2 Å². The number of hydrogen-bond donors (Lipinski definition) is 0. The van der Waals surface area contributed by atoms with E-state index in [0.717, 1.165) is 74.1 Å². The van der Waals surface area contributed by atoms with Crippen molar-refractivity contribution in [3.8, 4) is 0 Å². The molecule has 3 aromatic heterocycles. The Kier molecular flexibility index (Phi) is 3.55. The van der Waals surface area contributed by atoms with Gasteiger partial charge >= 0.3 is 0 Å². The van der Waals surface area contributed by atoms with Gasteiger partial charge in [-0.2, -0.15) is 9.61 Å². The van der Waals surface area contributed by atoms with E-state index in [-0.39, 0.29) is 0 Å². The molecule has 0 amide bonds. The van der Waals surface area contributed by atoms with Crippen molar-refractivity contribution in [2.24, 2.45) is 0 Å². The van der Waals surface area contributed by atoms with Gasteiger partial charge in [-0.1, -0.05) is 0 Å². The Morgan fingerprint density at radius 3 is 2.88 bits per heavy atom. The molecule has 1 saturated heterocycles. The monoisotopic (exact) mass is 338 g/mol. The number of oxazole rings is 1. The summed E-state index contributed by atoms with van der Waals surface area (Å²) in [7, 11) is 0. The Morgan fingerprint density at radius 1 is 1.16 bits per heavy atom. The quantitative estimate of drug-likeness (QED) is 0.729. The van der Waals surface area contributed by atoms with Gasteiger partial charge in [0.2, 0.25) is 5.89 Å². The van der Waals surface area contributed by atoms with Crippen LogP contribution in [0.5, 0.6) is 0 Å². The number of nitrogens with zero attached hydrogens (tertiary/aromatic N) is 6. The van der Waals surface area contributed by atoms with Gasteiger partial charge in [0.05, 0.1) is 17.9 Å². The van der Waals surface area contributed by atoms with Crippen molar-refractivity contribution in [3.05, 3.63) is 41.0 Å². The van der Waals surface area contributed by atoms with Crippen LogP contribution in [0.3, 0.4) is 0 Å². The summed E-state index contributed by atoms with van der Waals surface area (Å²) in [5.74, 6) is 3.40. The number of fused-ring (bicyclic) bond motifs is 2. The number of rotatable bonds is 3. The average molecular weight is 338 g/mol. The zero-order valence-electron chi connectivity index (χ0n) is 14.5. The lowest BCUT2D eigenvalue weighted by Crippen LogP contribution is -2.33. The van der Waals surface area contributed by atoms with Gasteiger partial charge in [-0.25, -0.2) is 4.98 Å². The molecule has 1 aliphatic heterocycles. The van der Waals surface area contributed by atoms with Crippen LogP contribution < -0.4 is 0 Å². The van der Waals surface area contributed by atoms with Crippen LogP contribution in [-0.4, -0.2) is 42.8 Å². The van der Waals surface area contributed by atoms with Crippen LogP contribution in [0, 0.1) is 6.92 Å². The first-order valence-electron chi connectivity index (χ1n) is 9.15. The first kappa shape index (κ1) is 15.0. The van der Waals surface area contributed by atoms with E-state index in [1.807, 2.05) is 23.6 Å². The van der Waals surface area contributed by atoms with E-state index < -0.39 is 0 Å². The standard InChI is InChI=1S/C18H22N6O/c1-12-5-6-16-20-21-18(24(16)22-12)13-7-9-23(10-8-13)11-17-19-14-3-2-4-15(14)25-17/h5-6,13H,2-4,7-11H2,1H3. The zero-order valence-corrected chi connectivity index (χ0v) is 14.5. The van der Waals surface area contributed by atoms with Crippen molar-refractivity contribution in [2.75, 3.05) is 13.1 Å². The second kappa shape index (κ2) is 5.91. The van der Waals surface area contributed by atoms with E-state index >= 15 is 0 Å². The largest absolute Gasteiger partial charge is 0.444 e. The first-order chi connectivity index (χ1) is 12.3. The molecular weight excluding hydrogens is 316 g/mol. The van der Waals surface area contributed by atoms with Gasteiger partial charge in [0, 0.05) is 12.3 Å². The molecule has 130 valence electrons. The van der Waals surface area contributed by atoms with Gasteiger partial charge in [0.15, 0.2) is 11.5 Å². The number of aryl methyl sites for hydroxylation is 3. The SMILES string of the molecule is Cc1ccc2nnc(C3CCN(Cc4nc5c(o4)CCC5)CC3)n2n1. The van der Waals surface area contributed by atoms with Crippen LogP contribution in [0.15, 0.2) is 16.5 Å². The van der Waals surface area contributed by atoms with Crippen molar-refractivity contribution in [1.29, 1.82) is 0 Å². The molecule has 7 heteroatoms. The molecule has 7 nitrogen and oxygen atoms in total. The van der Waals surface area contributed by atoms with Gasteiger partial charge in [0.25, 0.3) is 0 Å². The summed E-state index contributed by atoms with van der Waals surface area (Å²) in [6, 6.07) is 3.96. The second-order valence-electron chi connectivity index (χ2n) is 7.18. The highest BCUT2D eigenvalue weighted by Gasteiger charge is 2.26. The molecule has 1 aliphatic carbocycles. The van der Waals surface area contributed by atoms with Crippen molar-refractivity contribution >= 4 is 5.65 Å². The summed E-state index contributed by atoms with van der Waals surface area (Å²) in [5, 5.41) is 13.2. The van der Waals surface area contributed by atoms with Crippen LogP contribution in [0.25, 0.3) is 5.65 Å². The maximum atomic E-state index is 5.91. The fourth-order valence-corrected chi connectivity index (χ4v) is 4.00. The van der Waals surface area contributed by atoms with Crippen LogP contribution in [-0.2, 0) is 19.4 Å². The summed E-state index contributed by atoms with van der Waals surface area (Å²) >= 11 is 0. The predicted molar refractivity (Wildman–Crippen MR) is 91.3 cm³/mol. The van der Waals surface area contributed by atoms with E-state index in [4.69, 9.17) is 4.42 Å². The Morgan fingerprint density at radius 2 is 2.04 bits per heavy atom. The summed E-state index contributed by atoms with van der Waals surface area (Å²) in [6.07, 6.45) is 5.45. The highest BCUT2D eigenvalue weighted by Crippen LogP contribution is 2.28. The first-order valence-corrected chi connectivity index (χ1v) is 9.15. The molecule has 2 aliphatic rings. The third-order valence-electron chi connectivity index (χ3n) is 5.37. The highest BCUT2D eigenvalue weighted by molar-refractivity contribution is 5.36. The number of aromatic nitrogens is 5. The maximum absolute atomic E-state index is 5.91. The topological polar surface area (TPSA) is 72.4 Å². The molecule has 0 saturated carbocycles. The summed E-state index contributed by atoms with van der Waals surface area (Å²) < 4.78 is 7.82. The summed E-state index contributed by atoms with van der Waals surface area (Å²) in [4.78, 5) is 7.09. The van der Waals surface area contributed by atoms with E-state index in [2.05, 4.69) is 25.2 Å². The van der Waals surface area contributed by atoms with Gasteiger partial charge in [0.1, 0.15) is 5.76 Å². The maximum Gasteiger partial charge on any atom is 0.208 e. The smallest absolute Gasteiger partial charge is 0.208 e. The minimum Gasteiger partial charge on any atom is -0.444 e. The molecule has 0 atom stereocenters. The van der Waals surface area contributed by atoms with Crippen LogP contribution in [0.4, 0.5) is 0 Å². The Labute approximate surface area is 146 Å². The zero-order chi connectivity index (χ0) is 16.8. The Balaban J connectivity index is 1.26. The normalized spacial score (nSPS) is 18.9. The lowest BCUT2D eigenvalue weighted by Gasteiger charge is -2.30. The molecule has 5 rings (SSSR count). The molecule has 0 N–H and O–H groups in total. The van der Waals surface area contributed by atoms with Crippen molar-refractivity contribution in [1.82, 2.24) is 29.7 Å². The van der Waals surface area contributed by atoms with Crippen molar-refractivity contribution < 1.29 is 4.42 Å². The molecule has 0 unspecified atom stereocenters. The lowest BCUT2D eigenvalue weighted by atomic mass is 9.96. The van der Waals surface area contributed by atoms with Gasteiger partial charge in [-0.3, -0.25) is 4.90 Å². The minimum absolute atomic E-state index is 0.412. The lowest BCUT2D eigenvalue weighted by molar-refractivity contribution is 0.183. The van der Waals surface area contributed by atoms with Crippen LogP contribution >= 0.6 is 0 Å². The predicted octanol–water partition coefficient (Wildman–Crippen LogP) is 2.29. The molecule has 1 fully saturated rings. The number of piperidine rings is 1. The summed E-state index contributed by atoms with van der Waals surface area (Å²) in [5.41, 5.74) is 3.00. The molecule has 0 radical (unpaired) electrons. The van der Waals surface area contributed by atoms with Crippen molar-refractivity contribution in [3.63, 3.8) is 0 Å². The molecule has 3 aromatic rings. The van der Waals surface area contributed by atoms with Crippen molar-refractivity contribution in [2.45, 2.75) is 51.5 Å². The van der Waals surface area contributed by atoms with Crippen LogP contribution in [0.1, 0.15) is 54.0 Å². The highest BCUT2D eigenvalue weighted by atomic mass is 16.4. The van der Waals surface area contributed by atoms with E-state index in [1.165, 1.54) is 12.1 Å². The number of likely N-dealkylation sites (tertiary alicyclic amines) is 1. The number of hydrogen-bond acceptors (Lipinski definition) is 6. The van der Waals surface area contributed by atoms with E-state index in [0.29, 0.717) is 5.92 Å². The molecular formula is C18H22N6O. The fourth-order valence-electron chi connectivity index (χ4n) is 4.00. The van der Waals surface area contributed by atoms with Gasteiger partial charge < -0.3 is 4.42 Å². The third-order valence-corrected chi connectivity index (χ3v) is 5.37. The molecule has 25 heavy (non-hydrogen) atoms. The van der Waals surface area contributed by atoms with E-state index in [9.17, 15) is 0 Å². The Bertz CT molecular complexity index is 884. The second-order valence-corrected chi connectivity index (χ2v) is 7.18. The third kappa shape index (κ3) is 2.72. The average Bonchev–Trinajstić information content (AvgIpc) is 3.30. The van der Waals surface area contributed by atoms with Crippen LogP contribution in [0.2, 0.25) is 0 Å². The summed E-state index contributed by atoms with van der Waals surface area (Å²) in [6.45, 7) is 4.87. The Hall–Kier alpha value is -2.28. The molecule has 0 aromatic carbocycles. The fraction of sp³-hybridized carbons (Fsp3) is 0.556. The molecule has 4 heterocycles. The molecule has 0 bridgehead atoms. The van der Waals surface area contributed by atoms with Gasteiger partial charge in [-0.05, 0) is 57.8 Å².